The second-order valence-electron chi connectivity index (χ2n) is 7.40. The number of carbonyl (C=O) groups excluding carboxylic acids is 1. The summed E-state index contributed by atoms with van der Waals surface area (Å²) in [6, 6.07) is 13.5. The van der Waals surface area contributed by atoms with Crippen molar-refractivity contribution < 1.29 is 22.5 Å². The fraction of sp³-hybridized carbons (Fsp3) is 0.136. The maximum absolute atomic E-state index is 13.2. The summed E-state index contributed by atoms with van der Waals surface area (Å²) in [5.74, 6) is -1.09. The normalized spacial score (nSPS) is 13.9. The average Bonchev–Trinajstić information content (AvgIpc) is 2.79. The Labute approximate surface area is 193 Å². The summed E-state index contributed by atoms with van der Waals surface area (Å²) in [6.45, 7) is 0.359. The van der Waals surface area contributed by atoms with E-state index in [1.54, 1.807) is 18.2 Å². The Balaban J connectivity index is 1.54. The van der Waals surface area contributed by atoms with Crippen LogP contribution in [0.3, 0.4) is 0 Å². The molecule has 0 saturated carbocycles. The number of rotatable bonds is 5. The number of anilines is 1. The molecule has 0 bridgehead atoms. The Hall–Kier alpha value is -3.34. The fourth-order valence-electron chi connectivity index (χ4n) is 3.57. The number of benzene rings is 3. The third kappa shape index (κ3) is 4.72. The molecular formula is C22H17ClFN3O5S. The van der Waals surface area contributed by atoms with Crippen LogP contribution in [0.25, 0.3) is 0 Å². The standard InChI is InChI=1S/C22H17ClFN3O5S/c23-20-8-2-15(12-21(20)27(29)30)22(28)25-18-5-1-14-9-10-26(13-16(14)11-18)33(31,32)19-6-3-17(24)4-7-19/h1-8,11-12H,9-10,13H2,(H,25,28). The van der Waals surface area contributed by atoms with Gasteiger partial charge >= 0.3 is 0 Å². The number of carbonyl (C=O) groups is 1. The van der Waals surface area contributed by atoms with Crippen LogP contribution in [0, 0.1) is 15.9 Å². The van der Waals surface area contributed by atoms with Gasteiger partial charge in [0.1, 0.15) is 10.8 Å². The van der Waals surface area contributed by atoms with Crippen LogP contribution in [0.2, 0.25) is 5.02 Å². The van der Waals surface area contributed by atoms with Crippen LogP contribution in [-0.4, -0.2) is 30.1 Å². The number of nitro benzene ring substituents is 1. The van der Waals surface area contributed by atoms with E-state index in [1.807, 2.05) is 0 Å². The molecule has 0 aliphatic carbocycles. The van der Waals surface area contributed by atoms with Gasteiger partial charge in [0, 0.05) is 30.4 Å². The van der Waals surface area contributed by atoms with E-state index in [4.69, 9.17) is 11.6 Å². The molecule has 1 aliphatic rings. The van der Waals surface area contributed by atoms with Crippen molar-refractivity contribution in [2.45, 2.75) is 17.9 Å². The first kappa shape index (κ1) is 22.8. The Morgan fingerprint density at radius 1 is 1.06 bits per heavy atom. The highest BCUT2D eigenvalue weighted by Crippen LogP contribution is 2.28. The van der Waals surface area contributed by atoms with Crippen molar-refractivity contribution in [1.82, 2.24) is 4.31 Å². The molecule has 0 aromatic heterocycles. The van der Waals surface area contributed by atoms with Gasteiger partial charge in [-0.1, -0.05) is 17.7 Å². The highest BCUT2D eigenvalue weighted by molar-refractivity contribution is 7.89. The van der Waals surface area contributed by atoms with Crippen LogP contribution < -0.4 is 5.32 Å². The van der Waals surface area contributed by atoms with Gasteiger partial charge in [0.25, 0.3) is 11.6 Å². The van der Waals surface area contributed by atoms with Gasteiger partial charge in [0.05, 0.1) is 9.82 Å². The highest BCUT2D eigenvalue weighted by atomic mass is 35.5. The lowest BCUT2D eigenvalue weighted by atomic mass is 10.0. The molecular weight excluding hydrogens is 473 g/mol. The molecule has 11 heteroatoms. The van der Waals surface area contributed by atoms with Crippen LogP contribution in [0.4, 0.5) is 15.8 Å². The molecule has 33 heavy (non-hydrogen) atoms. The van der Waals surface area contributed by atoms with E-state index in [0.717, 1.165) is 23.8 Å². The highest BCUT2D eigenvalue weighted by Gasteiger charge is 2.28. The maximum Gasteiger partial charge on any atom is 0.288 e. The van der Waals surface area contributed by atoms with Crippen molar-refractivity contribution in [3.05, 3.63) is 98.3 Å². The summed E-state index contributed by atoms with van der Waals surface area (Å²) < 4.78 is 40.4. The Bertz CT molecular complexity index is 1360. The summed E-state index contributed by atoms with van der Waals surface area (Å²) >= 11 is 5.79. The Kier molecular flexibility index (Phi) is 6.15. The molecule has 0 radical (unpaired) electrons. The van der Waals surface area contributed by atoms with Gasteiger partial charge in [-0.05, 0) is 66.1 Å². The van der Waals surface area contributed by atoms with Crippen molar-refractivity contribution in [2.24, 2.45) is 0 Å². The van der Waals surface area contributed by atoms with Gasteiger partial charge in [-0.25, -0.2) is 12.8 Å². The number of nitro groups is 1. The molecule has 170 valence electrons. The van der Waals surface area contributed by atoms with Crippen LogP contribution in [-0.2, 0) is 23.0 Å². The minimum atomic E-state index is -3.81. The first-order chi connectivity index (χ1) is 15.6. The molecule has 0 saturated heterocycles. The van der Waals surface area contributed by atoms with Crippen LogP contribution in [0.1, 0.15) is 21.5 Å². The van der Waals surface area contributed by atoms with Crippen molar-refractivity contribution in [2.75, 3.05) is 11.9 Å². The van der Waals surface area contributed by atoms with Gasteiger partial charge in [0.15, 0.2) is 0 Å². The Morgan fingerprint density at radius 2 is 1.79 bits per heavy atom. The average molecular weight is 490 g/mol. The smallest absolute Gasteiger partial charge is 0.288 e. The number of amides is 1. The predicted octanol–water partition coefficient (Wildman–Crippen LogP) is 4.39. The second-order valence-corrected chi connectivity index (χ2v) is 9.75. The third-order valence-corrected chi connectivity index (χ3v) is 7.48. The van der Waals surface area contributed by atoms with Crippen molar-refractivity contribution in [3.63, 3.8) is 0 Å². The lowest BCUT2D eigenvalue weighted by Gasteiger charge is -2.28. The summed E-state index contributed by atoms with van der Waals surface area (Å²) in [5, 5.41) is 13.7. The largest absolute Gasteiger partial charge is 0.322 e. The molecule has 1 amide bonds. The molecule has 1 heterocycles. The topological polar surface area (TPSA) is 110 Å². The molecule has 0 atom stereocenters. The minimum absolute atomic E-state index is 0.00106. The first-order valence-corrected chi connectivity index (χ1v) is 11.6. The number of halogens is 2. The quantitative estimate of drug-likeness (QED) is 0.422. The summed E-state index contributed by atoms with van der Waals surface area (Å²) in [4.78, 5) is 23.0. The van der Waals surface area contributed by atoms with Crippen molar-refractivity contribution in [3.8, 4) is 0 Å². The number of sulfonamides is 1. The lowest BCUT2D eigenvalue weighted by molar-refractivity contribution is -0.384. The Morgan fingerprint density at radius 3 is 2.48 bits per heavy atom. The van der Waals surface area contributed by atoms with Gasteiger partial charge in [0.2, 0.25) is 10.0 Å². The zero-order valence-electron chi connectivity index (χ0n) is 17.0. The number of nitrogens with one attached hydrogen (secondary N) is 1. The number of hydrogen-bond donors (Lipinski definition) is 1. The van der Waals surface area contributed by atoms with Crippen LogP contribution >= 0.6 is 11.6 Å². The van der Waals surface area contributed by atoms with Gasteiger partial charge in [-0.2, -0.15) is 4.31 Å². The third-order valence-electron chi connectivity index (χ3n) is 5.30. The van der Waals surface area contributed by atoms with Gasteiger partial charge in [-0.15, -0.1) is 0 Å². The summed E-state index contributed by atoms with van der Waals surface area (Å²) in [7, 11) is -3.81. The summed E-state index contributed by atoms with van der Waals surface area (Å²) in [6.07, 6.45) is 0.480. The predicted molar refractivity (Wildman–Crippen MR) is 120 cm³/mol. The second kappa shape index (κ2) is 8.89. The van der Waals surface area contributed by atoms with Crippen molar-refractivity contribution >= 4 is 38.9 Å². The molecule has 3 aromatic carbocycles. The maximum atomic E-state index is 13.2. The molecule has 0 unspecified atom stereocenters. The molecule has 1 aliphatic heterocycles. The van der Waals surface area contributed by atoms with E-state index in [9.17, 15) is 27.7 Å². The van der Waals surface area contributed by atoms with Crippen LogP contribution in [0.5, 0.6) is 0 Å². The van der Waals surface area contributed by atoms with Crippen LogP contribution in [0.15, 0.2) is 65.6 Å². The van der Waals surface area contributed by atoms with E-state index >= 15 is 0 Å². The lowest BCUT2D eigenvalue weighted by Crippen LogP contribution is -2.36. The minimum Gasteiger partial charge on any atom is -0.322 e. The zero-order valence-corrected chi connectivity index (χ0v) is 18.6. The molecule has 1 N–H and O–H groups in total. The molecule has 0 fully saturated rings. The van der Waals surface area contributed by atoms with E-state index in [1.165, 1.54) is 28.6 Å². The SMILES string of the molecule is O=C(Nc1ccc2c(c1)CN(S(=O)(=O)c1ccc(F)cc1)CC2)c1ccc(Cl)c([N+](=O)[O-])c1. The van der Waals surface area contributed by atoms with E-state index in [-0.39, 0.29) is 34.3 Å². The molecule has 8 nitrogen and oxygen atoms in total. The van der Waals surface area contributed by atoms with E-state index in [2.05, 4.69) is 5.32 Å². The monoisotopic (exact) mass is 489 g/mol. The molecule has 4 rings (SSSR count). The molecule has 3 aromatic rings. The first-order valence-electron chi connectivity index (χ1n) is 9.78. The number of fused-ring (bicyclic) bond motifs is 1. The fourth-order valence-corrected chi connectivity index (χ4v) is 5.17. The summed E-state index contributed by atoms with van der Waals surface area (Å²) in [5.41, 5.74) is 1.76. The van der Waals surface area contributed by atoms with Crippen molar-refractivity contribution in [1.29, 1.82) is 0 Å². The van der Waals surface area contributed by atoms with Gasteiger partial charge < -0.3 is 5.32 Å². The van der Waals surface area contributed by atoms with Gasteiger partial charge in [-0.3, -0.25) is 14.9 Å². The van der Waals surface area contributed by atoms with E-state index in [0.29, 0.717) is 17.7 Å². The number of nitrogens with zero attached hydrogens (tertiary/aromatic N) is 2. The zero-order chi connectivity index (χ0) is 23.8. The van der Waals surface area contributed by atoms with E-state index < -0.39 is 26.7 Å². The number of hydrogen-bond acceptors (Lipinski definition) is 5. The molecule has 0 spiro atoms.